The first-order valence-corrected chi connectivity index (χ1v) is 5.22. The highest BCUT2D eigenvalue weighted by atomic mass is 16.2. The molecular formula is C11H16N2O2. The molecule has 2 rings (SSSR count). The van der Waals surface area contributed by atoms with Gasteiger partial charge in [-0.25, -0.2) is 4.79 Å². The second kappa shape index (κ2) is 3.08. The van der Waals surface area contributed by atoms with E-state index < -0.39 is 0 Å². The topological polar surface area (TPSA) is 58.2 Å². The fraction of sp³-hybridized carbons (Fsp3) is 0.636. The van der Waals surface area contributed by atoms with Crippen LogP contribution in [0.15, 0.2) is 12.2 Å². The zero-order chi connectivity index (χ0) is 11.2. The number of amides is 3. The van der Waals surface area contributed by atoms with Crippen LogP contribution in [0.2, 0.25) is 0 Å². The van der Waals surface area contributed by atoms with E-state index in [2.05, 4.69) is 31.1 Å². The highest BCUT2D eigenvalue weighted by molar-refractivity contribution is 6.04. The van der Waals surface area contributed by atoms with Gasteiger partial charge in [0.2, 0.25) is 0 Å². The molecule has 4 nitrogen and oxygen atoms in total. The molecule has 0 aromatic heterocycles. The van der Waals surface area contributed by atoms with E-state index in [9.17, 15) is 9.59 Å². The van der Waals surface area contributed by atoms with E-state index >= 15 is 0 Å². The number of carbonyl (C=O) groups is 2. The van der Waals surface area contributed by atoms with Crippen LogP contribution in [0.25, 0.3) is 0 Å². The Morgan fingerprint density at radius 2 is 2.07 bits per heavy atom. The molecule has 0 radical (unpaired) electrons. The van der Waals surface area contributed by atoms with Crippen LogP contribution in [0.1, 0.15) is 26.7 Å². The van der Waals surface area contributed by atoms with Gasteiger partial charge in [0.1, 0.15) is 6.04 Å². The predicted octanol–water partition coefficient (Wildman–Crippen LogP) is 1.19. The zero-order valence-electron chi connectivity index (χ0n) is 9.09. The van der Waals surface area contributed by atoms with Crippen LogP contribution in [0, 0.1) is 11.3 Å². The number of allylic oxidation sites excluding steroid dienone is 1. The van der Waals surface area contributed by atoms with E-state index in [1.807, 2.05) is 0 Å². The van der Waals surface area contributed by atoms with Crippen molar-refractivity contribution in [2.75, 3.05) is 0 Å². The number of hydrogen-bond acceptors (Lipinski definition) is 2. The monoisotopic (exact) mass is 208 g/mol. The van der Waals surface area contributed by atoms with Crippen LogP contribution in [0.3, 0.4) is 0 Å². The Labute approximate surface area is 89.1 Å². The van der Waals surface area contributed by atoms with E-state index in [1.165, 1.54) is 5.57 Å². The first-order chi connectivity index (χ1) is 6.93. The molecular weight excluding hydrogens is 192 g/mol. The second-order valence-corrected chi connectivity index (χ2v) is 4.91. The Kier molecular flexibility index (Phi) is 2.10. The summed E-state index contributed by atoms with van der Waals surface area (Å²) >= 11 is 0. The van der Waals surface area contributed by atoms with Crippen molar-refractivity contribution < 1.29 is 9.59 Å². The van der Waals surface area contributed by atoms with Crippen molar-refractivity contribution in [2.24, 2.45) is 11.3 Å². The van der Waals surface area contributed by atoms with E-state index in [0.29, 0.717) is 0 Å². The molecule has 0 aromatic carbocycles. The van der Waals surface area contributed by atoms with Crippen LogP contribution in [0.4, 0.5) is 4.79 Å². The summed E-state index contributed by atoms with van der Waals surface area (Å²) < 4.78 is 0. The molecule has 1 aliphatic heterocycles. The Hall–Kier alpha value is -1.32. The van der Waals surface area contributed by atoms with Gasteiger partial charge in [-0.05, 0) is 24.2 Å². The first-order valence-electron chi connectivity index (χ1n) is 5.22. The number of hydrogen-bond donors (Lipinski definition) is 2. The molecule has 2 N–H and O–H groups in total. The summed E-state index contributed by atoms with van der Waals surface area (Å²) in [5, 5.41) is 4.96. The maximum absolute atomic E-state index is 11.5. The number of urea groups is 1. The maximum atomic E-state index is 11.5. The van der Waals surface area contributed by atoms with Gasteiger partial charge in [0.05, 0.1) is 0 Å². The third-order valence-electron chi connectivity index (χ3n) is 3.80. The minimum Gasteiger partial charge on any atom is -0.326 e. The van der Waals surface area contributed by atoms with Crippen molar-refractivity contribution in [3.63, 3.8) is 0 Å². The van der Waals surface area contributed by atoms with Crippen LogP contribution in [-0.4, -0.2) is 18.0 Å². The van der Waals surface area contributed by atoms with Crippen LogP contribution >= 0.6 is 0 Å². The molecule has 3 amide bonds. The molecule has 2 atom stereocenters. The minimum absolute atomic E-state index is 0.0698. The molecule has 0 aromatic rings. The van der Waals surface area contributed by atoms with Gasteiger partial charge in [0.25, 0.3) is 5.91 Å². The highest BCUT2D eigenvalue weighted by Crippen LogP contribution is 2.47. The third kappa shape index (κ3) is 1.44. The normalized spacial score (nSPS) is 34.1. The van der Waals surface area contributed by atoms with Gasteiger partial charge in [-0.15, -0.1) is 0 Å². The molecule has 0 spiro atoms. The summed E-state index contributed by atoms with van der Waals surface area (Å²) in [5.74, 6) is -0.0378. The summed E-state index contributed by atoms with van der Waals surface area (Å²) in [6.07, 6.45) is 1.86. The van der Waals surface area contributed by atoms with Gasteiger partial charge in [-0.3, -0.25) is 10.1 Å². The fourth-order valence-corrected chi connectivity index (χ4v) is 2.57. The standard InChI is InChI=1S/C11H16N2O2/c1-6-4-5-7(11(6,2)3)8-9(14)13-10(15)12-8/h7-8H,1,4-5H2,2-3H3,(H2,12,13,14,15)/t7-,8+/m0/s1. The first kappa shape index (κ1) is 10.2. The molecule has 0 unspecified atom stereocenters. The Bertz CT molecular complexity index is 346. The summed E-state index contributed by atoms with van der Waals surface area (Å²) in [4.78, 5) is 22.6. The molecule has 2 aliphatic rings. The summed E-state index contributed by atoms with van der Waals surface area (Å²) in [6.45, 7) is 8.20. The largest absolute Gasteiger partial charge is 0.326 e. The van der Waals surface area contributed by atoms with E-state index in [-0.39, 0.29) is 29.3 Å². The summed E-state index contributed by atoms with van der Waals surface area (Å²) in [5.41, 5.74) is 1.10. The zero-order valence-corrected chi connectivity index (χ0v) is 9.09. The molecule has 15 heavy (non-hydrogen) atoms. The van der Waals surface area contributed by atoms with Crippen molar-refractivity contribution in [3.05, 3.63) is 12.2 Å². The Morgan fingerprint density at radius 1 is 1.40 bits per heavy atom. The number of imide groups is 1. The second-order valence-electron chi connectivity index (χ2n) is 4.91. The van der Waals surface area contributed by atoms with Gasteiger partial charge >= 0.3 is 6.03 Å². The molecule has 1 heterocycles. The average Bonchev–Trinajstić information content (AvgIpc) is 2.56. The molecule has 2 fully saturated rings. The SMILES string of the molecule is C=C1CC[C@@H]([C@H]2NC(=O)NC2=O)C1(C)C. The van der Waals surface area contributed by atoms with Gasteiger partial charge in [0, 0.05) is 0 Å². The smallest absolute Gasteiger partial charge is 0.322 e. The van der Waals surface area contributed by atoms with Crippen molar-refractivity contribution in [3.8, 4) is 0 Å². The predicted molar refractivity (Wildman–Crippen MR) is 56.1 cm³/mol. The summed E-state index contributed by atoms with van der Waals surface area (Å²) in [7, 11) is 0. The van der Waals surface area contributed by atoms with Crippen LogP contribution in [-0.2, 0) is 4.79 Å². The van der Waals surface area contributed by atoms with Gasteiger partial charge in [-0.2, -0.15) is 0 Å². The number of nitrogens with one attached hydrogen (secondary N) is 2. The van der Waals surface area contributed by atoms with E-state index in [1.54, 1.807) is 0 Å². The lowest BCUT2D eigenvalue weighted by Gasteiger charge is -2.31. The van der Waals surface area contributed by atoms with E-state index in [0.717, 1.165) is 12.8 Å². The van der Waals surface area contributed by atoms with Gasteiger partial charge in [0.15, 0.2) is 0 Å². The fourth-order valence-electron chi connectivity index (χ4n) is 2.57. The molecule has 82 valence electrons. The molecule has 4 heteroatoms. The van der Waals surface area contributed by atoms with Crippen molar-refractivity contribution in [1.82, 2.24) is 10.6 Å². The summed E-state index contributed by atoms with van der Waals surface area (Å²) in [6, 6.07) is -0.759. The lowest BCUT2D eigenvalue weighted by atomic mass is 9.75. The van der Waals surface area contributed by atoms with Crippen LogP contribution < -0.4 is 10.6 Å². The quantitative estimate of drug-likeness (QED) is 0.502. The van der Waals surface area contributed by atoms with Crippen LogP contribution in [0.5, 0.6) is 0 Å². The van der Waals surface area contributed by atoms with Gasteiger partial charge in [-0.1, -0.05) is 26.0 Å². The maximum Gasteiger partial charge on any atom is 0.322 e. The molecule has 1 saturated heterocycles. The van der Waals surface area contributed by atoms with E-state index in [4.69, 9.17) is 0 Å². The molecule has 0 bridgehead atoms. The number of rotatable bonds is 1. The lowest BCUT2D eigenvalue weighted by Crippen LogP contribution is -2.41. The average molecular weight is 208 g/mol. The Morgan fingerprint density at radius 3 is 2.47 bits per heavy atom. The van der Waals surface area contributed by atoms with Crippen molar-refractivity contribution in [2.45, 2.75) is 32.7 Å². The van der Waals surface area contributed by atoms with Crippen molar-refractivity contribution in [1.29, 1.82) is 0 Å². The third-order valence-corrected chi connectivity index (χ3v) is 3.80. The minimum atomic E-state index is -0.383. The van der Waals surface area contributed by atoms with Gasteiger partial charge < -0.3 is 5.32 Å². The number of carbonyl (C=O) groups excluding carboxylic acids is 2. The molecule has 1 aliphatic carbocycles. The highest BCUT2D eigenvalue weighted by Gasteiger charge is 2.47. The Balaban J connectivity index is 2.22. The molecule has 1 saturated carbocycles. The lowest BCUT2D eigenvalue weighted by molar-refractivity contribution is -0.121. The van der Waals surface area contributed by atoms with Crippen molar-refractivity contribution >= 4 is 11.9 Å².